The van der Waals surface area contributed by atoms with E-state index in [0.29, 0.717) is 5.03 Å². The van der Waals surface area contributed by atoms with E-state index in [0.717, 1.165) is 22.6 Å². The van der Waals surface area contributed by atoms with Crippen LogP contribution in [0, 0.1) is 0 Å². The van der Waals surface area contributed by atoms with Crippen LogP contribution < -0.4 is 4.74 Å². The second-order valence-electron chi connectivity index (χ2n) is 3.34. The van der Waals surface area contributed by atoms with Crippen LogP contribution in [-0.4, -0.2) is 0 Å². The molecule has 1 nitrogen and oxygen atoms in total. The van der Waals surface area contributed by atoms with E-state index in [9.17, 15) is 0 Å². The Hall–Kier alpha value is -1.21. The Morgan fingerprint density at radius 3 is 2.64 bits per heavy atom. The maximum atomic E-state index is 6.10. The quantitative estimate of drug-likeness (QED) is 0.625. The lowest BCUT2D eigenvalue weighted by molar-refractivity contribution is 0.426. The molecule has 1 aliphatic heterocycles. The number of ether oxygens (including phenoxy) is 1. The summed E-state index contributed by atoms with van der Waals surface area (Å²) in [5.74, 6) is 1.62. The number of allylic oxidation sites excluding steroid dienone is 3. The standard InChI is InChI=1S/C12H11ClO/c1-8-7-10-5-3-4-6-11(10)14-9(2)12(8)13/h3-7H,1-2H3. The molecule has 1 aromatic carbocycles. The summed E-state index contributed by atoms with van der Waals surface area (Å²) >= 11 is 6.10. The lowest BCUT2D eigenvalue weighted by Gasteiger charge is -2.06. The molecule has 0 unspecified atom stereocenters. The third kappa shape index (κ3) is 1.55. The Labute approximate surface area is 88.7 Å². The number of halogens is 1. The minimum atomic E-state index is 0.696. The van der Waals surface area contributed by atoms with E-state index in [4.69, 9.17) is 16.3 Å². The van der Waals surface area contributed by atoms with E-state index in [-0.39, 0.29) is 0 Å². The second kappa shape index (κ2) is 3.50. The number of hydrogen-bond donors (Lipinski definition) is 0. The number of rotatable bonds is 0. The van der Waals surface area contributed by atoms with E-state index in [1.54, 1.807) is 0 Å². The summed E-state index contributed by atoms with van der Waals surface area (Å²) in [6, 6.07) is 7.90. The summed E-state index contributed by atoms with van der Waals surface area (Å²) in [5.41, 5.74) is 2.11. The van der Waals surface area contributed by atoms with Gasteiger partial charge in [-0.3, -0.25) is 0 Å². The second-order valence-corrected chi connectivity index (χ2v) is 3.72. The molecule has 0 bridgehead atoms. The van der Waals surface area contributed by atoms with Crippen LogP contribution in [0.3, 0.4) is 0 Å². The van der Waals surface area contributed by atoms with Gasteiger partial charge in [0.15, 0.2) is 0 Å². The average molecular weight is 207 g/mol. The molecule has 0 aromatic heterocycles. The predicted molar refractivity (Wildman–Crippen MR) is 59.3 cm³/mol. The molecule has 0 amide bonds. The SMILES string of the molecule is CC1=Cc2ccccc2OC(C)=C1Cl. The molecule has 2 heteroatoms. The van der Waals surface area contributed by atoms with Crippen LogP contribution in [0.5, 0.6) is 5.75 Å². The van der Waals surface area contributed by atoms with E-state index in [1.807, 2.05) is 44.2 Å². The van der Waals surface area contributed by atoms with Crippen molar-refractivity contribution in [1.29, 1.82) is 0 Å². The molecule has 1 aliphatic rings. The van der Waals surface area contributed by atoms with Gasteiger partial charge in [0.1, 0.15) is 11.5 Å². The first-order valence-electron chi connectivity index (χ1n) is 4.50. The molecule has 0 radical (unpaired) electrons. The zero-order chi connectivity index (χ0) is 10.1. The zero-order valence-corrected chi connectivity index (χ0v) is 8.93. The van der Waals surface area contributed by atoms with Crippen LogP contribution in [0.4, 0.5) is 0 Å². The van der Waals surface area contributed by atoms with Crippen LogP contribution in [0.25, 0.3) is 6.08 Å². The monoisotopic (exact) mass is 206 g/mol. The van der Waals surface area contributed by atoms with Crippen molar-refractivity contribution in [3.05, 3.63) is 46.2 Å². The van der Waals surface area contributed by atoms with Crippen molar-refractivity contribution in [1.82, 2.24) is 0 Å². The molecule has 1 heterocycles. The van der Waals surface area contributed by atoms with Gasteiger partial charge in [-0.15, -0.1) is 0 Å². The number of benzene rings is 1. The Bertz CT molecular complexity index is 430. The maximum Gasteiger partial charge on any atom is 0.134 e. The van der Waals surface area contributed by atoms with Crippen molar-refractivity contribution in [3.63, 3.8) is 0 Å². The molecule has 0 atom stereocenters. The molecule has 0 spiro atoms. The normalized spacial score (nSPS) is 15.5. The first-order chi connectivity index (χ1) is 6.68. The molecular weight excluding hydrogens is 196 g/mol. The zero-order valence-electron chi connectivity index (χ0n) is 8.17. The molecule has 1 aromatic rings. The van der Waals surface area contributed by atoms with Crippen LogP contribution in [0.1, 0.15) is 19.4 Å². The summed E-state index contributed by atoms with van der Waals surface area (Å²) < 4.78 is 5.64. The van der Waals surface area contributed by atoms with E-state index >= 15 is 0 Å². The fourth-order valence-electron chi connectivity index (χ4n) is 1.48. The number of fused-ring (bicyclic) bond motifs is 1. The van der Waals surface area contributed by atoms with E-state index in [2.05, 4.69) is 0 Å². The van der Waals surface area contributed by atoms with Crippen LogP contribution >= 0.6 is 11.6 Å². The van der Waals surface area contributed by atoms with Gasteiger partial charge in [0, 0.05) is 5.56 Å². The van der Waals surface area contributed by atoms with Gasteiger partial charge in [0.25, 0.3) is 0 Å². The lowest BCUT2D eigenvalue weighted by Crippen LogP contribution is -1.92. The highest BCUT2D eigenvalue weighted by Crippen LogP contribution is 2.31. The van der Waals surface area contributed by atoms with E-state index in [1.165, 1.54) is 0 Å². The molecule has 0 aliphatic carbocycles. The number of para-hydroxylation sites is 1. The first kappa shape index (κ1) is 9.35. The van der Waals surface area contributed by atoms with Crippen LogP contribution in [0.2, 0.25) is 0 Å². The minimum absolute atomic E-state index is 0.696. The Morgan fingerprint density at radius 1 is 1.14 bits per heavy atom. The smallest absolute Gasteiger partial charge is 0.134 e. The average Bonchev–Trinajstić information content (AvgIpc) is 2.28. The topological polar surface area (TPSA) is 9.23 Å². The van der Waals surface area contributed by atoms with Crippen molar-refractivity contribution in [2.45, 2.75) is 13.8 Å². The van der Waals surface area contributed by atoms with Crippen molar-refractivity contribution in [3.8, 4) is 5.75 Å². The van der Waals surface area contributed by atoms with Gasteiger partial charge in [0.05, 0.1) is 5.03 Å². The van der Waals surface area contributed by atoms with Crippen molar-refractivity contribution >= 4 is 17.7 Å². The maximum absolute atomic E-state index is 6.10. The summed E-state index contributed by atoms with van der Waals surface area (Å²) in [7, 11) is 0. The van der Waals surface area contributed by atoms with Crippen LogP contribution in [-0.2, 0) is 0 Å². The summed E-state index contributed by atoms with van der Waals surface area (Å²) in [6.07, 6.45) is 2.04. The van der Waals surface area contributed by atoms with Gasteiger partial charge < -0.3 is 4.74 Å². The number of hydrogen-bond acceptors (Lipinski definition) is 1. The lowest BCUT2D eigenvalue weighted by atomic mass is 10.1. The van der Waals surface area contributed by atoms with Crippen molar-refractivity contribution in [2.75, 3.05) is 0 Å². The van der Waals surface area contributed by atoms with Crippen molar-refractivity contribution < 1.29 is 4.74 Å². The fraction of sp³-hybridized carbons (Fsp3) is 0.167. The minimum Gasteiger partial charge on any atom is -0.460 e. The predicted octanol–water partition coefficient (Wildman–Crippen LogP) is 3.95. The van der Waals surface area contributed by atoms with Crippen LogP contribution in [0.15, 0.2) is 40.6 Å². The van der Waals surface area contributed by atoms with Crippen molar-refractivity contribution in [2.24, 2.45) is 0 Å². The van der Waals surface area contributed by atoms with Gasteiger partial charge in [-0.05, 0) is 31.6 Å². The summed E-state index contributed by atoms with van der Waals surface area (Å²) in [6.45, 7) is 3.86. The molecule has 14 heavy (non-hydrogen) atoms. The highest BCUT2D eigenvalue weighted by atomic mass is 35.5. The van der Waals surface area contributed by atoms with Gasteiger partial charge in [-0.25, -0.2) is 0 Å². The molecule has 0 saturated carbocycles. The molecule has 0 saturated heterocycles. The molecule has 0 fully saturated rings. The Morgan fingerprint density at radius 2 is 1.86 bits per heavy atom. The Kier molecular flexibility index (Phi) is 2.34. The summed E-state index contributed by atoms with van der Waals surface area (Å²) in [4.78, 5) is 0. The third-order valence-corrected chi connectivity index (χ3v) is 2.77. The highest BCUT2D eigenvalue weighted by molar-refractivity contribution is 6.32. The van der Waals surface area contributed by atoms with Gasteiger partial charge in [0.2, 0.25) is 0 Å². The van der Waals surface area contributed by atoms with E-state index < -0.39 is 0 Å². The molecule has 2 rings (SSSR count). The van der Waals surface area contributed by atoms with Gasteiger partial charge >= 0.3 is 0 Å². The molecule has 72 valence electrons. The Balaban J connectivity index is 2.59. The van der Waals surface area contributed by atoms with Gasteiger partial charge in [-0.2, -0.15) is 0 Å². The molecular formula is C12H11ClO. The highest BCUT2D eigenvalue weighted by Gasteiger charge is 2.11. The first-order valence-corrected chi connectivity index (χ1v) is 4.88. The van der Waals surface area contributed by atoms with Gasteiger partial charge in [-0.1, -0.05) is 29.8 Å². The largest absolute Gasteiger partial charge is 0.460 e. The fourth-order valence-corrected chi connectivity index (χ4v) is 1.57. The molecule has 0 N–H and O–H groups in total. The third-order valence-electron chi connectivity index (χ3n) is 2.21. The summed E-state index contributed by atoms with van der Waals surface area (Å²) in [5, 5.41) is 0.696.